The van der Waals surface area contributed by atoms with E-state index in [0.717, 1.165) is 43.3 Å². The van der Waals surface area contributed by atoms with Gasteiger partial charge in [-0.1, -0.05) is 24.3 Å². The molecular formula is C22H29N5O2. The normalized spacial score (nSPS) is 15.1. The van der Waals surface area contributed by atoms with Gasteiger partial charge in [0.25, 0.3) is 0 Å². The Bertz CT molecular complexity index is 817. The van der Waals surface area contributed by atoms with Gasteiger partial charge in [-0.15, -0.1) is 0 Å². The molecule has 0 radical (unpaired) electrons. The molecule has 154 valence electrons. The minimum Gasteiger partial charge on any atom is -0.490 e. The Balaban J connectivity index is 1.39. The van der Waals surface area contributed by atoms with Crippen molar-refractivity contribution in [1.29, 1.82) is 0 Å². The topological polar surface area (TPSA) is 78.8 Å². The smallest absolute Gasteiger partial charge is 0.227 e. The van der Waals surface area contributed by atoms with Crippen molar-refractivity contribution in [3.63, 3.8) is 0 Å². The van der Waals surface area contributed by atoms with Crippen LogP contribution >= 0.6 is 0 Å². The summed E-state index contributed by atoms with van der Waals surface area (Å²) in [6.45, 7) is 4.16. The molecule has 2 heterocycles. The first-order valence-electron chi connectivity index (χ1n) is 10.0. The summed E-state index contributed by atoms with van der Waals surface area (Å²) in [5.41, 5.74) is 0.876. The number of aromatic nitrogens is 1. The number of para-hydroxylation sites is 1. The maximum atomic E-state index is 12.1. The van der Waals surface area contributed by atoms with Crippen molar-refractivity contribution in [3.05, 3.63) is 54.2 Å². The molecular weight excluding hydrogens is 366 g/mol. The van der Waals surface area contributed by atoms with E-state index >= 15 is 0 Å². The Kier molecular flexibility index (Phi) is 7.44. The highest BCUT2D eigenvalue weighted by Gasteiger charge is 2.22. The van der Waals surface area contributed by atoms with Gasteiger partial charge in [0.1, 0.15) is 17.7 Å². The summed E-state index contributed by atoms with van der Waals surface area (Å²) < 4.78 is 6.05. The molecule has 3 rings (SSSR count). The lowest BCUT2D eigenvalue weighted by molar-refractivity contribution is -0.116. The number of hydrogen-bond donors (Lipinski definition) is 2. The molecule has 2 aromatic rings. The lowest BCUT2D eigenvalue weighted by atomic mass is 10.1. The van der Waals surface area contributed by atoms with Crippen LogP contribution in [0, 0.1) is 6.92 Å². The Labute approximate surface area is 172 Å². The molecule has 0 spiro atoms. The molecule has 0 unspecified atom stereocenters. The summed E-state index contributed by atoms with van der Waals surface area (Å²) in [6.07, 6.45) is 2.45. The van der Waals surface area contributed by atoms with Crippen molar-refractivity contribution in [3.8, 4) is 5.75 Å². The number of pyridine rings is 1. The second kappa shape index (κ2) is 10.5. The molecule has 29 heavy (non-hydrogen) atoms. The first kappa shape index (κ1) is 20.6. The maximum Gasteiger partial charge on any atom is 0.227 e. The van der Waals surface area contributed by atoms with Crippen LogP contribution in [0.3, 0.4) is 0 Å². The summed E-state index contributed by atoms with van der Waals surface area (Å²) in [6, 6.07) is 15.5. The van der Waals surface area contributed by atoms with Gasteiger partial charge in [-0.05, 0) is 31.2 Å². The first-order valence-corrected chi connectivity index (χ1v) is 10.0. The Morgan fingerprint density at radius 1 is 1.17 bits per heavy atom. The summed E-state index contributed by atoms with van der Waals surface area (Å²) in [4.78, 5) is 23.0. The number of carbonyl (C=O) groups is 1. The van der Waals surface area contributed by atoms with Gasteiger partial charge in [-0.3, -0.25) is 9.79 Å². The number of carbonyl (C=O) groups excluding carboxylic acids is 1. The van der Waals surface area contributed by atoms with Crippen LogP contribution in [0.15, 0.2) is 53.5 Å². The van der Waals surface area contributed by atoms with Gasteiger partial charge in [0, 0.05) is 51.6 Å². The predicted molar refractivity (Wildman–Crippen MR) is 115 cm³/mol. The minimum atomic E-state index is -0.0685. The fraction of sp³-hybridized carbons (Fsp3) is 0.409. The molecule has 1 fully saturated rings. The molecule has 1 aliphatic rings. The number of nitrogens with zero attached hydrogens (tertiary/aromatic N) is 3. The highest BCUT2D eigenvalue weighted by molar-refractivity contribution is 5.90. The number of nitrogens with one attached hydrogen (secondary N) is 2. The van der Waals surface area contributed by atoms with Crippen molar-refractivity contribution in [1.82, 2.24) is 15.2 Å². The van der Waals surface area contributed by atoms with E-state index < -0.39 is 0 Å². The molecule has 1 aromatic carbocycles. The van der Waals surface area contributed by atoms with E-state index in [1.54, 1.807) is 13.1 Å². The third-order valence-corrected chi connectivity index (χ3v) is 4.79. The second-order valence-corrected chi connectivity index (χ2v) is 7.05. The molecule has 1 amide bonds. The van der Waals surface area contributed by atoms with Crippen molar-refractivity contribution in [2.45, 2.75) is 32.3 Å². The minimum absolute atomic E-state index is 0.0685. The summed E-state index contributed by atoms with van der Waals surface area (Å²) in [7, 11) is 1.77. The van der Waals surface area contributed by atoms with Crippen LogP contribution in [0.4, 0.5) is 5.82 Å². The third-order valence-electron chi connectivity index (χ3n) is 4.79. The summed E-state index contributed by atoms with van der Waals surface area (Å²) in [5.74, 6) is 2.26. The number of benzene rings is 1. The second-order valence-electron chi connectivity index (χ2n) is 7.05. The van der Waals surface area contributed by atoms with E-state index in [2.05, 4.69) is 25.5 Å². The lowest BCUT2D eigenvalue weighted by Crippen LogP contribution is -2.48. The average molecular weight is 396 g/mol. The van der Waals surface area contributed by atoms with Gasteiger partial charge in [0.2, 0.25) is 5.91 Å². The van der Waals surface area contributed by atoms with Crippen LogP contribution in [0.5, 0.6) is 5.75 Å². The van der Waals surface area contributed by atoms with Gasteiger partial charge in [0.05, 0.1) is 0 Å². The number of aryl methyl sites for hydroxylation is 1. The Morgan fingerprint density at radius 2 is 1.93 bits per heavy atom. The fourth-order valence-electron chi connectivity index (χ4n) is 3.32. The standard InChI is InChI=1S/C22H29N5O2/c1-17-7-6-10-20(25-17)26-21(28)11-14-24-22(23-2)27-15-12-19(13-16-27)29-18-8-4-3-5-9-18/h3-10,19H,11-16H2,1-2H3,(H,23,24)(H,25,26,28). The highest BCUT2D eigenvalue weighted by atomic mass is 16.5. The number of ether oxygens (including phenoxy) is 1. The van der Waals surface area contributed by atoms with Crippen LogP contribution < -0.4 is 15.4 Å². The maximum absolute atomic E-state index is 12.1. The van der Waals surface area contributed by atoms with Crippen LogP contribution in [0.25, 0.3) is 0 Å². The first-order chi connectivity index (χ1) is 14.1. The Morgan fingerprint density at radius 3 is 2.62 bits per heavy atom. The zero-order valence-electron chi connectivity index (χ0n) is 17.1. The zero-order chi connectivity index (χ0) is 20.5. The van der Waals surface area contributed by atoms with Crippen molar-refractivity contribution in [2.75, 3.05) is 32.0 Å². The SMILES string of the molecule is CN=C(NCCC(=O)Nc1cccc(C)n1)N1CCC(Oc2ccccc2)CC1. The van der Waals surface area contributed by atoms with Crippen LogP contribution in [-0.2, 0) is 4.79 Å². The number of aliphatic imine (C=N–C) groups is 1. The monoisotopic (exact) mass is 395 g/mol. The lowest BCUT2D eigenvalue weighted by Gasteiger charge is -2.34. The molecule has 1 aromatic heterocycles. The van der Waals surface area contributed by atoms with Crippen LogP contribution in [0.1, 0.15) is 25.0 Å². The van der Waals surface area contributed by atoms with E-state index in [0.29, 0.717) is 18.8 Å². The van der Waals surface area contributed by atoms with Crippen molar-refractivity contribution < 1.29 is 9.53 Å². The van der Waals surface area contributed by atoms with E-state index in [-0.39, 0.29) is 12.0 Å². The van der Waals surface area contributed by atoms with Crippen LogP contribution in [-0.4, -0.2) is 54.5 Å². The molecule has 0 atom stereocenters. The number of piperidine rings is 1. The number of guanidine groups is 1. The summed E-state index contributed by atoms with van der Waals surface area (Å²) in [5, 5.41) is 6.11. The molecule has 0 saturated carbocycles. The quantitative estimate of drug-likeness (QED) is 0.581. The summed E-state index contributed by atoms with van der Waals surface area (Å²) >= 11 is 0. The predicted octanol–water partition coefficient (Wildman–Crippen LogP) is 2.84. The molecule has 0 bridgehead atoms. The molecule has 0 aliphatic carbocycles. The number of rotatable bonds is 6. The molecule has 7 heteroatoms. The van der Waals surface area contributed by atoms with Gasteiger partial charge in [0.15, 0.2) is 5.96 Å². The molecule has 1 saturated heterocycles. The van der Waals surface area contributed by atoms with Crippen molar-refractivity contribution in [2.24, 2.45) is 4.99 Å². The zero-order valence-corrected chi connectivity index (χ0v) is 17.1. The Hall–Kier alpha value is -3.09. The average Bonchev–Trinajstić information content (AvgIpc) is 2.73. The number of amides is 1. The molecule has 7 nitrogen and oxygen atoms in total. The number of anilines is 1. The fourth-order valence-corrected chi connectivity index (χ4v) is 3.32. The van der Waals surface area contributed by atoms with E-state index in [4.69, 9.17) is 4.74 Å². The van der Waals surface area contributed by atoms with Gasteiger partial charge in [-0.2, -0.15) is 0 Å². The number of hydrogen-bond acceptors (Lipinski definition) is 4. The van der Waals surface area contributed by atoms with Crippen LogP contribution in [0.2, 0.25) is 0 Å². The molecule has 1 aliphatic heterocycles. The third kappa shape index (κ3) is 6.48. The van der Waals surface area contributed by atoms with Crippen molar-refractivity contribution >= 4 is 17.7 Å². The van der Waals surface area contributed by atoms with E-state index in [1.807, 2.05) is 49.4 Å². The van der Waals surface area contributed by atoms with Gasteiger partial charge < -0.3 is 20.3 Å². The number of likely N-dealkylation sites (tertiary alicyclic amines) is 1. The highest BCUT2D eigenvalue weighted by Crippen LogP contribution is 2.18. The van der Waals surface area contributed by atoms with E-state index in [1.165, 1.54) is 0 Å². The van der Waals surface area contributed by atoms with E-state index in [9.17, 15) is 4.79 Å². The van der Waals surface area contributed by atoms with Gasteiger partial charge >= 0.3 is 0 Å². The largest absolute Gasteiger partial charge is 0.490 e. The molecule has 2 N–H and O–H groups in total. The van der Waals surface area contributed by atoms with Gasteiger partial charge in [-0.25, -0.2) is 4.98 Å².